The van der Waals surface area contributed by atoms with E-state index in [0.717, 1.165) is 61.8 Å². The van der Waals surface area contributed by atoms with Crippen molar-refractivity contribution in [3.05, 3.63) is 87.6 Å². The van der Waals surface area contributed by atoms with Gasteiger partial charge in [0.2, 0.25) is 5.91 Å². The Labute approximate surface area is 181 Å². The van der Waals surface area contributed by atoms with Gasteiger partial charge in [0, 0.05) is 44.5 Å². The quantitative estimate of drug-likeness (QED) is 0.598. The minimum absolute atomic E-state index is 0.148. The lowest BCUT2D eigenvalue weighted by atomic mass is 10.2. The summed E-state index contributed by atoms with van der Waals surface area (Å²) in [4.78, 5) is 21.8. The average Bonchev–Trinajstić information content (AvgIpc) is 3.05. The Morgan fingerprint density at radius 2 is 1.77 bits per heavy atom. The van der Waals surface area contributed by atoms with Gasteiger partial charge in [-0.15, -0.1) is 11.3 Å². The summed E-state index contributed by atoms with van der Waals surface area (Å²) in [5.41, 5.74) is 3.20. The predicted octanol–water partition coefficient (Wildman–Crippen LogP) is 4.15. The minimum atomic E-state index is -0.208. The van der Waals surface area contributed by atoms with E-state index in [1.54, 1.807) is 11.3 Å². The molecule has 1 aromatic heterocycles. The second kappa shape index (κ2) is 9.96. The van der Waals surface area contributed by atoms with Gasteiger partial charge in [0.25, 0.3) is 0 Å². The maximum Gasteiger partial charge on any atom is 0.228 e. The summed E-state index contributed by atoms with van der Waals surface area (Å²) < 4.78 is 13.1. The van der Waals surface area contributed by atoms with Gasteiger partial charge in [-0.1, -0.05) is 42.5 Å². The van der Waals surface area contributed by atoms with Crippen LogP contribution in [0.3, 0.4) is 0 Å². The zero-order valence-electron chi connectivity index (χ0n) is 17.0. The van der Waals surface area contributed by atoms with Crippen LogP contribution in [0.1, 0.15) is 28.2 Å². The Morgan fingerprint density at radius 3 is 2.57 bits per heavy atom. The van der Waals surface area contributed by atoms with Crippen molar-refractivity contribution in [2.75, 3.05) is 26.2 Å². The number of aromatic nitrogens is 1. The van der Waals surface area contributed by atoms with Crippen LogP contribution in [0.25, 0.3) is 0 Å². The Morgan fingerprint density at radius 1 is 0.967 bits per heavy atom. The van der Waals surface area contributed by atoms with E-state index in [1.165, 1.54) is 17.7 Å². The molecule has 0 spiro atoms. The molecule has 0 atom stereocenters. The summed E-state index contributed by atoms with van der Waals surface area (Å²) in [6, 6.07) is 16.9. The van der Waals surface area contributed by atoms with Gasteiger partial charge in [-0.2, -0.15) is 0 Å². The number of nitrogens with zero attached hydrogens (tertiary/aromatic N) is 3. The molecule has 4 nitrogen and oxygen atoms in total. The monoisotopic (exact) mass is 423 g/mol. The molecule has 0 aliphatic carbocycles. The number of rotatable bonds is 6. The van der Waals surface area contributed by atoms with Crippen molar-refractivity contribution in [2.24, 2.45) is 0 Å². The van der Waals surface area contributed by atoms with Gasteiger partial charge >= 0.3 is 0 Å². The molecule has 2 aromatic carbocycles. The van der Waals surface area contributed by atoms with Gasteiger partial charge < -0.3 is 4.90 Å². The fraction of sp³-hybridized carbons (Fsp3) is 0.333. The smallest absolute Gasteiger partial charge is 0.228 e. The molecule has 6 heteroatoms. The number of carbonyl (C=O) groups is 1. The van der Waals surface area contributed by atoms with Gasteiger partial charge in [0.05, 0.1) is 17.1 Å². The number of amides is 1. The highest BCUT2D eigenvalue weighted by molar-refractivity contribution is 7.09. The lowest BCUT2D eigenvalue weighted by Gasteiger charge is -2.22. The van der Waals surface area contributed by atoms with E-state index >= 15 is 0 Å². The van der Waals surface area contributed by atoms with Crippen molar-refractivity contribution in [3.8, 4) is 0 Å². The number of hydrogen-bond acceptors (Lipinski definition) is 4. The second-order valence-corrected chi connectivity index (χ2v) is 8.65. The molecule has 1 aliphatic heterocycles. The fourth-order valence-electron chi connectivity index (χ4n) is 3.77. The third-order valence-corrected chi connectivity index (χ3v) is 6.29. The first-order chi connectivity index (χ1) is 14.7. The first-order valence-corrected chi connectivity index (χ1v) is 11.3. The number of benzene rings is 2. The van der Waals surface area contributed by atoms with Gasteiger partial charge in [-0.25, -0.2) is 9.37 Å². The topological polar surface area (TPSA) is 36.4 Å². The SMILES string of the molecule is O=C(Cc1csc(Cc2ccccc2)n1)N1CCCN(Cc2ccc(F)cc2)CC1. The van der Waals surface area contributed by atoms with Crippen molar-refractivity contribution in [2.45, 2.75) is 25.8 Å². The normalized spacial score (nSPS) is 15.2. The van der Waals surface area contributed by atoms with Crippen LogP contribution in [-0.4, -0.2) is 46.9 Å². The van der Waals surface area contributed by atoms with Crippen LogP contribution in [0.15, 0.2) is 60.0 Å². The Hall–Kier alpha value is -2.57. The molecule has 1 aliphatic rings. The zero-order chi connectivity index (χ0) is 20.8. The lowest BCUT2D eigenvalue weighted by molar-refractivity contribution is -0.130. The van der Waals surface area contributed by atoms with Crippen LogP contribution in [0.2, 0.25) is 0 Å². The second-order valence-electron chi connectivity index (χ2n) is 7.71. The van der Waals surface area contributed by atoms with Crippen LogP contribution in [0.4, 0.5) is 4.39 Å². The van der Waals surface area contributed by atoms with Crippen molar-refractivity contribution < 1.29 is 9.18 Å². The van der Waals surface area contributed by atoms with Crippen LogP contribution >= 0.6 is 11.3 Å². The van der Waals surface area contributed by atoms with E-state index in [0.29, 0.717) is 6.42 Å². The molecule has 1 fully saturated rings. The summed E-state index contributed by atoms with van der Waals surface area (Å²) in [6.45, 7) is 4.07. The van der Waals surface area contributed by atoms with E-state index in [1.807, 2.05) is 40.6 Å². The molecular formula is C24H26FN3OS. The van der Waals surface area contributed by atoms with E-state index in [9.17, 15) is 9.18 Å². The summed E-state index contributed by atoms with van der Waals surface area (Å²) in [5, 5.41) is 3.06. The van der Waals surface area contributed by atoms with Crippen LogP contribution in [-0.2, 0) is 24.2 Å². The highest BCUT2D eigenvalue weighted by atomic mass is 32.1. The van der Waals surface area contributed by atoms with E-state index in [2.05, 4.69) is 22.0 Å². The van der Waals surface area contributed by atoms with E-state index < -0.39 is 0 Å². The van der Waals surface area contributed by atoms with Crippen molar-refractivity contribution in [1.29, 1.82) is 0 Å². The third-order valence-electron chi connectivity index (χ3n) is 5.39. The van der Waals surface area contributed by atoms with Gasteiger partial charge in [-0.05, 0) is 29.7 Å². The highest BCUT2D eigenvalue weighted by Crippen LogP contribution is 2.16. The molecule has 0 saturated carbocycles. The lowest BCUT2D eigenvalue weighted by Crippen LogP contribution is -2.36. The molecular weight excluding hydrogens is 397 g/mol. The first kappa shape index (κ1) is 20.7. The molecule has 2 heterocycles. The number of thiazole rings is 1. The number of carbonyl (C=O) groups excluding carboxylic acids is 1. The average molecular weight is 424 g/mol. The summed E-state index contributed by atoms with van der Waals surface area (Å²) >= 11 is 1.62. The standard InChI is InChI=1S/C24H26FN3OS/c25-21-9-7-20(8-10-21)17-27-11-4-12-28(14-13-27)24(29)16-22-18-30-23(26-22)15-19-5-2-1-3-6-19/h1-3,5-10,18H,4,11-17H2. The molecule has 0 unspecified atom stereocenters. The molecule has 1 saturated heterocycles. The summed E-state index contributed by atoms with van der Waals surface area (Å²) in [5.74, 6) is -0.0597. The Bertz CT molecular complexity index is 958. The van der Waals surface area contributed by atoms with Crippen LogP contribution in [0, 0.1) is 5.82 Å². The number of halogens is 1. The highest BCUT2D eigenvalue weighted by Gasteiger charge is 2.20. The zero-order valence-corrected chi connectivity index (χ0v) is 17.8. The largest absolute Gasteiger partial charge is 0.341 e. The van der Waals surface area contributed by atoms with Crippen LogP contribution < -0.4 is 0 Å². The molecule has 30 heavy (non-hydrogen) atoms. The fourth-order valence-corrected chi connectivity index (χ4v) is 4.60. The van der Waals surface area contributed by atoms with E-state index in [-0.39, 0.29) is 11.7 Å². The maximum absolute atomic E-state index is 13.1. The van der Waals surface area contributed by atoms with Crippen LogP contribution in [0.5, 0.6) is 0 Å². The first-order valence-electron chi connectivity index (χ1n) is 10.4. The summed E-state index contributed by atoms with van der Waals surface area (Å²) in [7, 11) is 0. The predicted molar refractivity (Wildman–Crippen MR) is 118 cm³/mol. The molecule has 4 rings (SSSR count). The van der Waals surface area contributed by atoms with E-state index in [4.69, 9.17) is 0 Å². The minimum Gasteiger partial charge on any atom is -0.341 e. The Balaban J connectivity index is 1.28. The molecule has 156 valence electrons. The van der Waals surface area contributed by atoms with Crippen molar-refractivity contribution >= 4 is 17.2 Å². The van der Waals surface area contributed by atoms with Gasteiger partial charge in [0.15, 0.2) is 0 Å². The maximum atomic E-state index is 13.1. The summed E-state index contributed by atoms with van der Waals surface area (Å²) in [6.07, 6.45) is 2.12. The third kappa shape index (κ3) is 5.74. The number of hydrogen-bond donors (Lipinski definition) is 0. The molecule has 1 amide bonds. The molecule has 3 aromatic rings. The molecule has 0 bridgehead atoms. The molecule has 0 N–H and O–H groups in total. The van der Waals surface area contributed by atoms with Crippen molar-refractivity contribution in [3.63, 3.8) is 0 Å². The molecule has 0 radical (unpaired) electrons. The van der Waals surface area contributed by atoms with Crippen molar-refractivity contribution in [1.82, 2.24) is 14.8 Å². The van der Waals surface area contributed by atoms with Gasteiger partial charge in [0.1, 0.15) is 5.82 Å². The Kier molecular flexibility index (Phi) is 6.87. The van der Waals surface area contributed by atoms with Gasteiger partial charge in [-0.3, -0.25) is 9.69 Å².